The zero-order chi connectivity index (χ0) is 20.4. The van der Waals surface area contributed by atoms with Crippen LogP contribution in [-0.2, 0) is 11.3 Å². The average molecular weight is 383 g/mol. The topological polar surface area (TPSA) is 101 Å². The molecule has 8 heteroatoms. The van der Waals surface area contributed by atoms with Crippen LogP contribution in [0.4, 0.5) is 5.82 Å². The van der Waals surface area contributed by atoms with E-state index >= 15 is 0 Å². The molecule has 142 valence electrons. The number of hydrogen-bond donors (Lipinski definition) is 1. The number of rotatable bonds is 5. The number of nitrogens with one attached hydrogen (secondary N) is 1. The van der Waals surface area contributed by atoms with Crippen molar-refractivity contribution in [3.63, 3.8) is 0 Å². The molecule has 0 aliphatic rings. The molecule has 4 rings (SSSR count). The second kappa shape index (κ2) is 7.40. The minimum absolute atomic E-state index is 0.329. The Hall–Kier alpha value is -4.25. The highest BCUT2D eigenvalue weighted by molar-refractivity contribution is 5.98. The highest BCUT2D eigenvalue weighted by Crippen LogP contribution is 2.32. The highest BCUT2D eigenvalue weighted by Gasteiger charge is 2.15. The Bertz CT molecular complexity index is 1260. The lowest BCUT2D eigenvalue weighted by Crippen LogP contribution is -2.08. The largest absolute Gasteiger partial charge is 0.307 e. The number of anilines is 1. The van der Waals surface area contributed by atoms with Gasteiger partial charge in [-0.15, -0.1) is 0 Å². The summed E-state index contributed by atoms with van der Waals surface area (Å²) in [6, 6.07) is 7.73. The van der Waals surface area contributed by atoms with Crippen LogP contribution in [0.1, 0.15) is 12.5 Å². The van der Waals surface area contributed by atoms with Crippen molar-refractivity contribution >= 4 is 17.2 Å². The number of nitrogens with zero attached hydrogens (tertiary/aromatic N) is 6. The third-order valence-electron chi connectivity index (χ3n) is 4.53. The Morgan fingerprint density at radius 3 is 2.72 bits per heavy atom. The van der Waals surface area contributed by atoms with Gasteiger partial charge in [0.25, 0.3) is 0 Å². The minimum atomic E-state index is -0.329. The number of carbonyl (C=O) groups is 1. The van der Waals surface area contributed by atoms with Crippen LogP contribution in [0.5, 0.6) is 0 Å². The van der Waals surface area contributed by atoms with E-state index < -0.39 is 0 Å². The maximum absolute atomic E-state index is 11.5. The van der Waals surface area contributed by atoms with Gasteiger partial charge in [0.15, 0.2) is 0 Å². The summed E-state index contributed by atoms with van der Waals surface area (Å²) >= 11 is 0. The molecule has 0 unspecified atom stereocenters. The number of aryl methyl sites for hydroxylation is 1. The number of nitriles is 1. The summed E-state index contributed by atoms with van der Waals surface area (Å²) in [4.78, 5) is 15.8. The van der Waals surface area contributed by atoms with Gasteiger partial charge in [-0.3, -0.25) is 9.48 Å². The molecule has 0 bridgehead atoms. The van der Waals surface area contributed by atoms with E-state index in [1.54, 1.807) is 29.2 Å². The Morgan fingerprint density at radius 1 is 1.21 bits per heavy atom. The molecular weight excluding hydrogens is 366 g/mol. The molecule has 0 saturated carbocycles. The molecule has 0 aliphatic heterocycles. The molecule has 0 spiro atoms. The first kappa shape index (κ1) is 18.1. The number of aromatic nitrogens is 5. The van der Waals surface area contributed by atoms with Crippen molar-refractivity contribution in [2.24, 2.45) is 0 Å². The second-order valence-corrected chi connectivity index (χ2v) is 6.32. The SMILES string of the molecule is C=CC(=O)Nc1ccc(-c2cc(-c3cnn(CC)c3)cn3ncc(C#N)c23)cn1. The normalized spacial score (nSPS) is 10.6. The van der Waals surface area contributed by atoms with Gasteiger partial charge in [-0.1, -0.05) is 6.58 Å². The summed E-state index contributed by atoms with van der Waals surface area (Å²) in [6.45, 7) is 6.23. The molecule has 1 amide bonds. The van der Waals surface area contributed by atoms with E-state index in [2.05, 4.69) is 33.1 Å². The van der Waals surface area contributed by atoms with Crippen LogP contribution >= 0.6 is 0 Å². The summed E-state index contributed by atoms with van der Waals surface area (Å²) in [5.41, 5.74) is 4.66. The number of pyridine rings is 2. The van der Waals surface area contributed by atoms with Crippen molar-refractivity contribution in [3.8, 4) is 28.3 Å². The maximum Gasteiger partial charge on any atom is 0.248 e. The van der Waals surface area contributed by atoms with Crippen molar-refractivity contribution in [2.75, 3.05) is 5.32 Å². The van der Waals surface area contributed by atoms with Crippen molar-refractivity contribution < 1.29 is 4.79 Å². The summed E-state index contributed by atoms with van der Waals surface area (Å²) in [5.74, 6) is 0.0918. The van der Waals surface area contributed by atoms with Crippen molar-refractivity contribution in [1.82, 2.24) is 24.4 Å². The summed E-state index contributed by atoms with van der Waals surface area (Å²) in [6.07, 6.45) is 10.0. The van der Waals surface area contributed by atoms with Gasteiger partial charge in [-0.2, -0.15) is 15.5 Å². The summed E-state index contributed by atoms with van der Waals surface area (Å²) in [5, 5.41) is 20.8. The predicted octanol–water partition coefficient (Wildman–Crippen LogP) is 3.28. The molecule has 1 N–H and O–H groups in total. The third-order valence-corrected chi connectivity index (χ3v) is 4.53. The van der Waals surface area contributed by atoms with Crippen LogP contribution in [0.2, 0.25) is 0 Å². The molecule has 0 saturated heterocycles. The van der Waals surface area contributed by atoms with Gasteiger partial charge in [-0.05, 0) is 31.2 Å². The van der Waals surface area contributed by atoms with Crippen LogP contribution in [-0.4, -0.2) is 30.3 Å². The zero-order valence-corrected chi connectivity index (χ0v) is 15.7. The van der Waals surface area contributed by atoms with Gasteiger partial charge in [0.1, 0.15) is 11.9 Å². The molecule has 0 fully saturated rings. The smallest absolute Gasteiger partial charge is 0.248 e. The maximum atomic E-state index is 11.5. The first-order chi connectivity index (χ1) is 14.1. The van der Waals surface area contributed by atoms with Gasteiger partial charge >= 0.3 is 0 Å². The lowest BCUT2D eigenvalue weighted by atomic mass is 10.0. The van der Waals surface area contributed by atoms with Crippen molar-refractivity contribution in [2.45, 2.75) is 13.5 Å². The van der Waals surface area contributed by atoms with Gasteiger partial charge in [0.05, 0.1) is 23.5 Å². The van der Waals surface area contributed by atoms with Gasteiger partial charge in [0, 0.05) is 47.4 Å². The van der Waals surface area contributed by atoms with E-state index in [-0.39, 0.29) is 5.91 Å². The zero-order valence-electron chi connectivity index (χ0n) is 15.7. The van der Waals surface area contributed by atoms with Gasteiger partial charge in [-0.25, -0.2) is 9.50 Å². The monoisotopic (exact) mass is 383 g/mol. The van der Waals surface area contributed by atoms with Crippen molar-refractivity contribution in [1.29, 1.82) is 5.26 Å². The molecular formula is C21H17N7O. The third kappa shape index (κ3) is 3.37. The number of fused-ring (bicyclic) bond motifs is 1. The lowest BCUT2D eigenvalue weighted by molar-refractivity contribution is -0.111. The van der Waals surface area contributed by atoms with Gasteiger partial charge < -0.3 is 5.32 Å². The van der Waals surface area contributed by atoms with E-state index in [9.17, 15) is 10.1 Å². The minimum Gasteiger partial charge on any atom is -0.307 e. The van der Waals surface area contributed by atoms with E-state index in [0.717, 1.165) is 28.8 Å². The number of hydrogen-bond acceptors (Lipinski definition) is 5. The van der Waals surface area contributed by atoms with E-state index in [1.165, 1.54) is 6.08 Å². The fraction of sp³-hybridized carbons (Fsp3) is 0.0952. The molecule has 29 heavy (non-hydrogen) atoms. The standard InChI is InChI=1S/C21H17N7O/c1-3-20(29)26-19-6-5-14(9-23-19)18-7-15(17-11-24-27(4-2)12-17)13-28-21(18)16(8-22)10-25-28/h3,5-7,9-13H,1,4H2,2H3,(H,23,26,29). The first-order valence-electron chi connectivity index (χ1n) is 8.97. The summed E-state index contributed by atoms with van der Waals surface area (Å²) in [7, 11) is 0. The Labute approximate surface area is 166 Å². The van der Waals surface area contributed by atoms with E-state index in [4.69, 9.17) is 0 Å². The average Bonchev–Trinajstić information content (AvgIpc) is 3.40. The molecule has 4 heterocycles. The van der Waals surface area contributed by atoms with Crippen LogP contribution in [0, 0.1) is 11.3 Å². The highest BCUT2D eigenvalue weighted by atomic mass is 16.1. The van der Waals surface area contributed by atoms with Crippen LogP contribution in [0.3, 0.4) is 0 Å². The molecule has 0 aliphatic carbocycles. The van der Waals surface area contributed by atoms with E-state index in [1.807, 2.05) is 36.1 Å². The van der Waals surface area contributed by atoms with E-state index in [0.29, 0.717) is 16.9 Å². The van der Waals surface area contributed by atoms with Crippen molar-refractivity contribution in [3.05, 3.63) is 67.4 Å². The Balaban J connectivity index is 1.85. The van der Waals surface area contributed by atoms with Gasteiger partial charge in [0.2, 0.25) is 5.91 Å². The molecule has 0 radical (unpaired) electrons. The summed E-state index contributed by atoms with van der Waals surface area (Å²) < 4.78 is 3.54. The number of amides is 1. The Morgan fingerprint density at radius 2 is 2.07 bits per heavy atom. The fourth-order valence-electron chi connectivity index (χ4n) is 3.07. The Kier molecular flexibility index (Phi) is 4.63. The predicted molar refractivity (Wildman–Crippen MR) is 109 cm³/mol. The molecule has 0 aromatic carbocycles. The molecule has 4 aromatic rings. The quantitative estimate of drug-likeness (QED) is 0.533. The van der Waals surface area contributed by atoms with Crippen LogP contribution < -0.4 is 5.32 Å². The molecule has 8 nitrogen and oxygen atoms in total. The van der Waals surface area contributed by atoms with Crippen LogP contribution in [0.25, 0.3) is 27.8 Å². The molecule has 4 aromatic heterocycles. The lowest BCUT2D eigenvalue weighted by Gasteiger charge is -2.09. The fourth-order valence-corrected chi connectivity index (χ4v) is 3.07. The van der Waals surface area contributed by atoms with Crippen LogP contribution in [0.15, 0.2) is 61.8 Å². The second-order valence-electron chi connectivity index (χ2n) is 6.32. The molecule has 0 atom stereocenters. The first-order valence-corrected chi connectivity index (χ1v) is 8.97. The number of carbonyl (C=O) groups excluding carboxylic acids is 1.